The van der Waals surface area contributed by atoms with Gasteiger partial charge < -0.3 is 10.1 Å². The molecule has 2 N–H and O–H groups in total. The smallest absolute Gasteiger partial charge is 0.225 e. The molecule has 1 aromatic carbocycles. The molecule has 0 spiro atoms. The molecule has 0 aliphatic carbocycles. The summed E-state index contributed by atoms with van der Waals surface area (Å²) in [5.74, 6) is 1.78. The number of hydrogen-bond acceptors (Lipinski definition) is 5. The molecule has 0 saturated carbocycles. The van der Waals surface area contributed by atoms with Crippen molar-refractivity contribution in [2.45, 2.75) is 19.4 Å². The fourth-order valence-corrected chi connectivity index (χ4v) is 2.42. The van der Waals surface area contributed by atoms with Crippen LogP contribution in [-0.4, -0.2) is 33.2 Å². The molecule has 3 rings (SSSR count). The van der Waals surface area contributed by atoms with E-state index in [-0.39, 0.29) is 18.4 Å². The Morgan fingerprint density at radius 2 is 2.20 bits per heavy atom. The van der Waals surface area contributed by atoms with Crippen molar-refractivity contribution in [2.75, 3.05) is 7.11 Å². The van der Waals surface area contributed by atoms with E-state index in [1.165, 1.54) is 0 Å². The van der Waals surface area contributed by atoms with Crippen molar-refractivity contribution in [1.82, 2.24) is 25.5 Å². The summed E-state index contributed by atoms with van der Waals surface area (Å²) >= 11 is 0. The third-order valence-electron chi connectivity index (χ3n) is 3.71. The Kier molecular flexibility index (Phi) is 5.03. The number of aromatic nitrogens is 4. The fourth-order valence-electron chi connectivity index (χ4n) is 2.42. The van der Waals surface area contributed by atoms with E-state index in [1.54, 1.807) is 19.5 Å². The maximum atomic E-state index is 12.2. The molecular formula is C18H19N5O2. The summed E-state index contributed by atoms with van der Waals surface area (Å²) in [4.78, 5) is 20.7. The lowest BCUT2D eigenvalue weighted by Gasteiger charge is -2.11. The van der Waals surface area contributed by atoms with Gasteiger partial charge in [0.05, 0.1) is 19.6 Å². The number of hydrogen-bond donors (Lipinski definition) is 2. The second-order valence-electron chi connectivity index (χ2n) is 5.60. The van der Waals surface area contributed by atoms with E-state index in [4.69, 9.17) is 4.74 Å². The van der Waals surface area contributed by atoms with Crippen molar-refractivity contribution in [3.63, 3.8) is 0 Å². The number of nitrogens with one attached hydrogen (secondary N) is 2. The van der Waals surface area contributed by atoms with Gasteiger partial charge in [0.25, 0.3) is 0 Å². The van der Waals surface area contributed by atoms with E-state index in [2.05, 4.69) is 25.5 Å². The molecule has 2 heterocycles. The second kappa shape index (κ2) is 7.57. The molecule has 0 fully saturated rings. The molecule has 0 radical (unpaired) electrons. The normalized spacial score (nSPS) is 11.8. The third kappa shape index (κ3) is 4.20. The van der Waals surface area contributed by atoms with Gasteiger partial charge in [-0.3, -0.25) is 14.9 Å². The van der Waals surface area contributed by atoms with Crippen LogP contribution < -0.4 is 10.1 Å². The Hall–Kier alpha value is -3.22. The lowest BCUT2D eigenvalue weighted by atomic mass is 10.1. The minimum Gasteiger partial charge on any atom is -0.497 e. The van der Waals surface area contributed by atoms with Crippen LogP contribution in [0.4, 0.5) is 0 Å². The van der Waals surface area contributed by atoms with Gasteiger partial charge in [0.1, 0.15) is 11.6 Å². The highest BCUT2D eigenvalue weighted by Crippen LogP contribution is 2.16. The van der Waals surface area contributed by atoms with Crippen LogP contribution in [-0.2, 0) is 11.2 Å². The van der Waals surface area contributed by atoms with Crippen molar-refractivity contribution in [1.29, 1.82) is 0 Å². The van der Waals surface area contributed by atoms with Gasteiger partial charge in [0.2, 0.25) is 5.91 Å². The zero-order valence-electron chi connectivity index (χ0n) is 14.1. The first-order valence-corrected chi connectivity index (χ1v) is 7.90. The number of benzene rings is 1. The van der Waals surface area contributed by atoms with Gasteiger partial charge in [-0.05, 0) is 36.8 Å². The highest BCUT2D eigenvalue weighted by atomic mass is 16.5. The molecule has 0 bridgehead atoms. The van der Waals surface area contributed by atoms with E-state index in [0.29, 0.717) is 11.6 Å². The molecule has 3 aromatic rings. The number of pyridine rings is 1. The standard InChI is InChI=1S/C18H19N5O2/c1-12(17-21-18(23-22-17)14-6-4-8-19-11-14)20-16(24)10-13-5-3-7-15(9-13)25-2/h3-9,11-12H,10H2,1-2H3,(H,20,24)(H,21,22,23)/t12-/m0/s1. The number of carbonyl (C=O) groups is 1. The lowest BCUT2D eigenvalue weighted by molar-refractivity contribution is -0.121. The summed E-state index contributed by atoms with van der Waals surface area (Å²) < 4.78 is 5.17. The van der Waals surface area contributed by atoms with Crippen LogP contribution in [0.2, 0.25) is 0 Å². The van der Waals surface area contributed by atoms with Crippen LogP contribution in [0.1, 0.15) is 24.4 Å². The molecule has 1 atom stereocenters. The van der Waals surface area contributed by atoms with Crippen molar-refractivity contribution in [2.24, 2.45) is 0 Å². The molecule has 0 aliphatic heterocycles. The van der Waals surface area contributed by atoms with E-state index in [9.17, 15) is 4.79 Å². The Labute approximate surface area is 145 Å². The predicted octanol–water partition coefficient (Wildman–Crippen LogP) is 2.30. The fraction of sp³-hybridized carbons (Fsp3) is 0.222. The quantitative estimate of drug-likeness (QED) is 0.720. The average molecular weight is 337 g/mol. The number of ether oxygens (including phenoxy) is 1. The minimum absolute atomic E-state index is 0.0971. The Morgan fingerprint density at radius 3 is 2.96 bits per heavy atom. The van der Waals surface area contributed by atoms with Crippen LogP contribution in [0.5, 0.6) is 5.75 Å². The minimum atomic E-state index is -0.281. The van der Waals surface area contributed by atoms with Crippen LogP contribution in [0.25, 0.3) is 11.4 Å². The van der Waals surface area contributed by atoms with E-state index < -0.39 is 0 Å². The van der Waals surface area contributed by atoms with Gasteiger partial charge in [-0.1, -0.05) is 12.1 Å². The first-order valence-electron chi connectivity index (χ1n) is 7.90. The SMILES string of the molecule is COc1cccc(CC(=O)N[C@@H](C)c2nc(-c3cccnc3)n[nH]2)c1. The largest absolute Gasteiger partial charge is 0.497 e. The monoisotopic (exact) mass is 337 g/mol. The summed E-state index contributed by atoms with van der Waals surface area (Å²) in [6.07, 6.45) is 3.66. The summed E-state index contributed by atoms with van der Waals surface area (Å²) in [6.45, 7) is 1.86. The molecular weight excluding hydrogens is 318 g/mol. The molecule has 0 unspecified atom stereocenters. The van der Waals surface area contributed by atoms with Crippen molar-refractivity contribution >= 4 is 5.91 Å². The van der Waals surface area contributed by atoms with Gasteiger partial charge in [0.15, 0.2) is 5.82 Å². The van der Waals surface area contributed by atoms with Crippen LogP contribution in [0, 0.1) is 0 Å². The molecule has 7 nitrogen and oxygen atoms in total. The van der Waals surface area contributed by atoms with Crippen LogP contribution in [0.3, 0.4) is 0 Å². The summed E-state index contributed by atoms with van der Waals surface area (Å²) in [5.41, 5.74) is 1.71. The number of carbonyl (C=O) groups excluding carboxylic acids is 1. The number of aromatic amines is 1. The van der Waals surface area contributed by atoms with Crippen LogP contribution >= 0.6 is 0 Å². The topological polar surface area (TPSA) is 92.8 Å². The first kappa shape index (κ1) is 16.6. The van der Waals surface area contributed by atoms with Gasteiger partial charge in [0, 0.05) is 18.0 Å². The summed E-state index contributed by atoms with van der Waals surface area (Å²) in [6, 6.07) is 10.9. The van der Waals surface area contributed by atoms with Crippen LogP contribution in [0.15, 0.2) is 48.8 Å². The van der Waals surface area contributed by atoms with Gasteiger partial charge in [-0.15, -0.1) is 0 Å². The molecule has 0 saturated heterocycles. The maximum Gasteiger partial charge on any atom is 0.225 e. The molecule has 1 amide bonds. The summed E-state index contributed by atoms with van der Waals surface area (Å²) in [5, 5.41) is 9.96. The molecule has 2 aromatic heterocycles. The Balaban J connectivity index is 1.63. The zero-order valence-corrected chi connectivity index (χ0v) is 14.1. The highest BCUT2D eigenvalue weighted by molar-refractivity contribution is 5.79. The number of nitrogens with zero attached hydrogens (tertiary/aromatic N) is 3. The molecule has 7 heteroatoms. The van der Waals surface area contributed by atoms with E-state index in [0.717, 1.165) is 16.9 Å². The van der Waals surface area contributed by atoms with Crippen molar-refractivity contribution < 1.29 is 9.53 Å². The molecule has 25 heavy (non-hydrogen) atoms. The van der Waals surface area contributed by atoms with E-state index >= 15 is 0 Å². The zero-order chi connectivity index (χ0) is 17.6. The third-order valence-corrected chi connectivity index (χ3v) is 3.71. The predicted molar refractivity (Wildman–Crippen MR) is 92.9 cm³/mol. The number of methoxy groups -OCH3 is 1. The Bertz CT molecular complexity index is 847. The highest BCUT2D eigenvalue weighted by Gasteiger charge is 2.15. The van der Waals surface area contributed by atoms with Crippen molar-refractivity contribution in [3.05, 3.63) is 60.2 Å². The first-order chi connectivity index (χ1) is 12.2. The second-order valence-corrected chi connectivity index (χ2v) is 5.60. The van der Waals surface area contributed by atoms with Gasteiger partial charge >= 0.3 is 0 Å². The van der Waals surface area contributed by atoms with E-state index in [1.807, 2.05) is 43.3 Å². The van der Waals surface area contributed by atoms with Gasteiger partial charge in [-0.25, -0.2) is 4.98 Å². The lowest BCUT2D eigenvalue weighted by Crippen LogP contribution is -2.28. The van der Waals surface area contributed by atoms with Crippen molar-refractivity contribution in [3.8, 4) is 17.1 Å². The summed E-state index contributed by atoms with van der Waals surface area (Å²) in [7, 11) is 1.60. The number of rotatable bonds is 6. The Morgan fingerprint density at radius 1 is 1.32 bits per heavy atom. The van der Waals surface area contributed by atoms with Gasteiger partial charge in [-0.2, -0.15) is 5.10 Å². The average Bonchev–Trinajstić information content (AvgIpc) is 3.13. The molecule has 0 aliphatic rings. The molecule has 128 valence electrons. The number of H-pyrrole nitrogens is 1. The number of amides is 1. The maximum absolute atomic E-state index is 12.2.